The highest BCUT2D eigenvalue weighted by atomic mass is 14.9. The van der Waals surface area contributed by atoms with Crippen molar-refractivity contribution in [3.63, 3.8) is 0 Å². The molecule has 1 heterocycles. The maximum absolute atomic E-state index is 5.20. The van der Waals surface area contributed by atoms with Gasteiger partial charge in [-0.3, -0.25) is 0 Å². The fourth-order valence-electron chi connectivity index (χ4n) is 7.72. The third kappa shape index (κ3) is 5.81. The van der Waals surface area contributed by atoms with Crippen LogP contribution in [0, 0.1) is 0 Å². The predicted molar refractivity (Wildman–Crippen MR) is 227 cm³/mol. The first-order valence-corrected chi connectivity index (χ1v) is 18.4. The molecule has 0 saturated heterocycles. The van der Waals surface area contributed by atoms with Crippen molar-refractivity contribution in [3.05, 3.63) is 206 Å². The van der Waals surface area contributed by atoms with Crippen molar-refractivity contribution in [2.75, 3.05) is 0 Å². The molecule has 2 heteroatoms. The summed E-state index contributed by atoms with van der Waals surface area (Å²) in [6, 6.07) is 73.5. The molecule has 2 nitrogen and oxygen atoms in total. The van der Waals surface area contributed by atoms with Crippen molar-refractivity contribution in [2.24, 2.45) is 0 Å². The van der Waals surface area contributed by atoms with Crippen molar-refractivity contribution in [2.45, 2.75) is 0 Å². The zero-order chi connectivity index (χ0) is 35.8. The van der Waals surface area contributed by atoms with Gasteiger partial charge in [0, 0.05) is 16.5 Å². The second-order valence-electron chi connectivity index (χ2n) is 13.8. The molecule has 252 valence electrons. The van der Waals surface area contributed by atoms with Crippen LogP contribution in [0.1, 0.15) is 0 Å². The molecule has 0 unspecified atom stereocenters. The van der Waals surface area contributed by atoms with E-state index in [2.05, 4.69) is 188 Å². The molecule has 0 amide bonds. The Bertz CT molecular complexity index is 2960. The van der Waals surface area contributed by atoms with Gasteiger partial charge in [0.2, 0.25) is 0 Å². The highest BCUT2D eigenvalue weighted by Crippen LogP contribution is 2.37. The van der Waals surface area contributed by atoms with E-state index in [0.29, 0.717) is 0 Å². The second kappa shape index (κ2) is 13.4. The molecule has 10 rings (SSSR count). The molecule has 54 heavy (non-hydrogen) atoms. The van der Waals surface area contributed by atoms with Gasteiger partial charge in [0.15, 0.2) is 5.82 Å². The van der Waals surface area contributed by atoms with Gasteiger partial charge in [-0.15, -0.1) is 0 Å². The number of rotatable bonds is 6. The lowest BCUT2D eigenvalue weighted by Gasteiger charge is -2.13. The molecular weight excluding hydrogens is 653 g/mol. The Morgan fingerprint density at radius 1 is 0.278 bits per heavy atom. The van der Waals surface area contributed by atoms with Gasteiger partial charge in [0.05, 0.1) is 11.2 Å². The summed E-state index contributed by atoms with van der Waals surface area (Å²) in [5, 5.41) is 5.95. The van der Waals surface area contributed by atoms with Crippen LogP contribution in [0.15, 0.2) is 206 Å². The van der Waals surface area contributed by atoms with E-state index in [1.54, 1.807) is 0 Å². The van der Waals surface area contributed by atoms with Gasteiger partial charge in [0.1, 0.15) is 0 Å². The fourth-order valence-corrected chi connectivity index (χ4v) is 7.72. The lowest BCUT2D eigenvalue weighted by Crippen LogP contribution is -1.96. The molecular formula is C52H34N2. The molecule has 0 spiro atoms. The highest BCUT2D eigenvalue weighted by molar-refractivity contribution is 6.12. The first-order chi connectivity index (χ1) is 26.7. The van der Waals surface area contributed by atoms with Crippen LogP contribution in [0.3, 0.4) is 0 Å². The molecule has 0 N–H and O–H groups in total. The van der Waals surface area contributed by atoms with Crippen molar-refractivity contribution in [1.29, 1.82) is 0 Å². The van der Waals surface area contributed by atoms with E-state index in [0.717, 1.165) is 44.5 Å². The zero-order valence-corrected chi connectivity index (χ0v) is 29.5. The Morgan fingerprint density at radius 2 is 0.759 bits per heavy atom. The summed E-state index contributed by atoms with van der Waals surface area (Å²) in [4.78, 5) is 10.2. The highest BCUT2D eigenvalue weighted by Gasteiger charge is 2.15. The molecule has 0 fully saturated rings. The Balaban J connectivity index is 0.972. The minimum atomic E-state index is 0.730. The topological polar surface area (TPSA) is 25.8 Å². The van der Waals surface area contributed by atoms with Crippen molar-refractivity contribution in [1.82, 2.24) is 9.97 Å². The molecule has 0 aliphatic rings. The summed E-state index contributed by atoms with van der Waals surface area (Å²) < 4.78 is 0. The standard InChI is InChI=1S/C52H34N2/c1-2-13-41(14-3-1)52-53-49-32-31-38-12-5-7-21-48(38)50(49)51(54-52)40-29-25-36(26-30-40)43-17-9-19-45(34-43)44-18-8-16-42(33-44)35-23-27-39(28-24-35)47-22-10-15-37-11-4-6-20-46(37)47/h1-34H. The quantitative estimate of drug-likeness (QED) is 0.163. The van der Waals surface area contributed by atoms with Crippen LogP contribution in [0.2, 0.25) is 0 Å². The van der Waals surface area contributed by atoms with E-state index in [4.69, 9.17) is 9.97 Å². The van der Waals surface area contributed by atoms with Gasteiger partial charge in [-0.25, -0.2) is 9.97 Å². The minimum absolute atomic E-state index is 0.730. The van der Waals surface area contributed by atoms with Gasteiger partial charge >= 0.3 is 0 Å². The maximum Gasteiger partial charge on any atom is 0.160 e. The van der Waals surface area contributed by atoms with E-state index in [1.165, 1.54) is 55.1 Å². The Labute approximate surface area is 314 Å². The lowest BCUT2D eigenvalue weighted by molar-refractivity contribution is 1.23. The summed E-state index contributed by atoms with van der Waals surface area (Å²) in [7, 11) is 0. The molecule has 0 aliphatic heterocycles. The average Bonchev–Trinajstić information content (AvgIpc) is 3.26. The van der Waals surface area contributed by atoms with Crippen molar-refractivity contribution >= 4 is 32.4 Å². The van der Waals surface area contributed by atoms with Gasteiger partial charge in [0.25, 0.3) is 0 Å². The van der Waals surface area contributed by atoms with Crippen molar-refractivity contribution < 1.29 is 0 Å². The Morgan fingerprint density at radius 3 is 1.43 bits per heavy atom. The number of hydrogen-bond donors (Lipinski definition) is 0. The number of benzene rings is 9. The van der Waals surface area contributed by atoms with Crippen LogP contribution in [0.5, 0.6) is 0 Å². The molecule has 0 atom stereocenters. The van der Waals surface area contributed by atoms with Gasteiger partial charge in [-0.1, -0.05) is 188 Å². The first kappa shape index (κ1) is 31.6. The van der Waals surface area contributed by atoms with Crippen LogP contribution < -0.4 is 0 Å². The second-order valence-corrected chi connectivity index (χ2v) is 13.8. The third-order valence-electron chi connectivity index (χ3n) is 10.5. The smallest absolute Gasteiger partial charge is 0.160 e. The Kier molecular flexibility index (Phi) is 7.85. The summed E-state index contributed by atoms with van der Waals surface area (Å²) >= 11 is 0. The van der Waals surface area contributed by atoms with E-state index < -0.39 is 0 Å². The van der Waals surface area contributed by atoms with Crippen molar-refractivity contribution in [3.8, 4) is 67.2 Å². The van der Waals surface area contributed by atoms with E-state index in [-0.39, 0.29) is 0 Å². The summed E-state index contributed by atoms with van der Waals surface area (Å²) in [5.74, 6) is 0.730. The minimum Gasteiger partial charge on any atom is -0.228 e. The predicted octanol–water partition coefficient (Wildman–Crippen LogP) is 13.9. The summed E-state index contributed by atoms with van der Waals surface area (Å²) in [5.41, 5.74) is 13.5. The summed E-state index contributed by atoms with van der Waals surface area (Å²) in [6.07, 6.45) is 0. The van der Waals surface area contributed by atoms with Gasteiger partial charge in [-0.2, -0.15) is 0 Å². The summed E-state index contributed by atoms with van der Waals surface area (Å²) in [6.45, 7) is 0. The average molecular weight is 687 g/mol. The Hall–Kier alpha value is -7.16. The number of fused-ring (bicyclic) bond motifs is 4. The molecule has 0 bridgehead atoms. The number of aromatic nitrogens is 2. The molecule has 0 saturated carbocycles. The number of hydrogen-bond acceptors (Lipinski definition) is 2. The SMILES string of the molecule is c1ccc(-c2nc(-c3ccc(-c4cccc(-c5cccc(-c6ccc(-c7cccc8ccccc78)cc6)c5)c4)cc3)c3c(ccc4ccccc43)n2)cc1. The fraction of sp³-hybridized carbons (Fsp3) is 0. The third-order valence-corrected chi connectivity index (χ3v) is 10.5. The van der Waals surface area contributed by atoms with E-state index in [9.17, 15) is 0 Å². The van der Waals surface area contributed by atoms with Gasteiger partial charge in [-0.05, 0) is 84.3 Å². The van der Waals surface area contributed by atoms with Crippen LogP contribution in [0.4, 0.5) is 0 Å². The zero-order valence-electron chi connectivity index (χ0n) is 29.5. The normalized spacial score (nSPS) is 11.3. The van der Waals surface area contributed by atoms with Crippen LogP contribution in [-0.4, -0.2) is 9.97 Å². The molecule has 0 radical (unpaired) electrons. The van der Waals surface area contributed by atoms with E-state index >= 15 is 0 Å². The van der Waals surface area contributed by atoms with E-state index in [1.807, 2.05) is 18.2 Å². The molecule has 10 aromatic rings. The van der Waals surface area contributed by atoms with Crippen LogP contribution in [0.25, 0.3) is 99.6 Å². The molecule has 1 aromatic heterocycles. The number of nitrogens with zero attached hydrogens (tertiary/aromatic N) is 2. The van der Waals surface area contributed by atoms with Crippen LogP contribution in [-0.2, 0) is 0 Å². The van der Waals surface area contributed by atoms with Crippen LogP contribution >= 0.6 is 0 Å². The first-order valence-electron chi connectivity index (χ1n) is 18.4. The van der Waals surface area contributed by atoms with Gasteiger partial charge < -0.3 is 0 Å². The monoisotopic (exact) mass is 686 g/mol. The largest absolute Gasteiger partial charge is 0.228 e. The maximum atomic E-state index is 5.20. The molecule has 9 aromatic carbocycles. The lowest BCUT2D eigenvalue weighted by atomic mass is 9.94. The molecule has 0 aliphatic carbocycles.